The topological polar surface area (TPSA) is 89.0 Å². The summed E-state index contributed by atoms with van der Waals surface area (Å²) in [6, 6.07) is 9.32. The molecule has 2 N–H and O–H groups in total. The number of piperazine rings is 1. The first-order valence-corrected chi connectivity index (χ1v) is 12.6. The highest BCUT2D eigenvalue weighted by Crippen LogP contribution is 2.36. The average molecular weight is 524 g/mol. The van der Waals surface area contributed by atoms with Crippen LogP contribution in [-0.2, 0) is 16.1 Å². The Morgan fingerprint density at radius 1 is 1.14 bits per heavy atom. The van der Waals surface area contributed by atoms with E-state index in [1.54, 1.807) is 41.6 Å². The van der Waals surface area contributed by atoms with Crippen LogP contribution in [0.4, 0.5) is 11.4 Å². The summed E-state index contributed by atoms with van der Waals surface area (Å²) in [5, 5.41) is 14.3. The molecule has 3 aliphatic rings. The van der Waals surface area contributed by atoms with Gasteiger partial charge in [-0.05, 0) is 29.8 Å². The number of aliphatic hydroxyl groups excluding tert-OH is 1. The van der Waals surface area contributed by atoms with Crippen molar-refractivity contribution in [1.29, 1.82) is 0 Å². The molecular weight excluding hydrogens is 498 g/mol. The SMILES string of the molecule is O=C(Nc1cccc2c1CN(CC(=O)N1CCN(c3ccncc3)CC1)C2O)C1=CC(Cl)=CCC1=S. The van der Waals surface area contributed by atoms with Gasteiger partial charge in [0.2, 0.25) is 5.91 Å². The summed E-state index contributed by atoms with van der Waals surface area (Å²) in [4.78, 5) is 36.3. The maximum Gasteiger partial charge on any atom is 0.256 e. The highest BCUT2D eigenvalue weighted by atomic mass is 35.5. The maximum atomic E-state index is 13.1. The van der Waals surface area contributed by atoms with Crippen molar-refractivity contribution in [3.05, 3.63) is 76.6 Å². The zero-order chi connectivity index (χ0) is 25.2. The minimum absolute atomic E-state index is 0.0269. The van der Waals surface area contributed by atoms with Crippen molar-refractivity contribution in [2.24, 2.45) is 0 Å². The van der Waals surface area contributed by atoms with E-state index in [4.69, 9.17) is 23.8 Å². The van der Waals surface area contributed by atoms with E-state index in [2.05, 4.69) is 15.2 Å². The second kappa shape index (κ2) is 10.5. The predicted octanol–water partition coefficient (Wildman–Crippen LogP) is 3.00. The molecule has 1 atom stereocenters. The van der Waals surface area contributed by atoms with Gasteiger partial charge in [0.1, 0.15) is 6.23 Å². The molecule has 2 amide bonds. The van der Waals surface area contributed by atoms with Crippen LogP contribution in [0.3, 0.4) is 0 Å². The van der Waals surface area contributed by atoms with Gasteiger partial charge >= 0.3 is 0 Å². The number of nitrogens with zero attached hydrogens (tertiary/aromatic N) is 4. The van der Waals surface area contributed by atoms with Gasteiger partial charge in [-0.3, -0.25) is 19.5 Å². The minimum Gasteiger partial charge on any atom is -0.374 e. The van der Waals surface area contributed by atoms with Crippen molar-refractivity contribution < 1.29 is 14.7 Å². The Kier molecular flexibility index (Phi) is 7.15. The van der Waals surface area contributed by atoms with E-state index >= 15 is 0 Å². The third kappa shape index (κ3) is 5.05. The fourth-order valence-corrected chi connectivity index (χ4v) is 5.19. The van der Waals surface area contributed by atoms with Crippen LogP contribution in [0.25, 0.3) is 0 Å². The van der Waals surface area contributed by atoms with Gasteiger partial charge in [-0.25, -0.2) is 0 Å². The molecule has 5 rings (SSSR count). The average Bonchev–Trinajstić information content (AvgIpc) is 3.22. The number of rotatable bonds is 5. The lowest BCUT2D eigenvalue weighted by Gasteiger charge is -2.36. The number of thiocarbonyl (C=S) groups is 1. The number of benzene rings is 1. The lowest BCUT2D eigenvalue weighted by molar-refractivity contribution is -0.135. The zero-order valence-electron chi connectivity index (χ0n) is 19.6. The summed E-state index contributed by atoms with van der Waals surface area (Å²) in [7, 11) is 0. The summed E-state index contributed by atoms with van der Waals surface area (Å²) in [6.07, 6.45) is 6.40. The third-order valence-corrected chi connectivity index (χ3v) is 7.40. The van der Waals surface area contributed by atoms with Gasteiger partial charge in [0.15, 0.2) is 0 Å². The molecule has 0 bridgehead atoms. The number of hydrogen-bond donors (Lipinski definition) is 2. The van der Waals surface area contributed by atoms with E-state index in [-0.39, 0.29) is 18.4 Å². The molecule has 1 aromatic heterocycles. The highest BCUT2D eigenvalue weighted by Gasteiger charge is 2.33. The van der Waals surface area contributed by atoms with Crippen LogP contribution in [0.5, 0.6) is 0 Å². The number of aromatic nitrogens is 1. The van der Waals surface area contributed by atoms with Gasteiger partial charge in [0.05, 0.1) is 12.1 Å². The van der Waals surface area contributed by atoms with Crippen molar-refractivity contribution in [1.82, 2.24) is 14.8 Å². The van der Waals surface area contributed by atoms with Crippen molar-refractivity contribution in [2.45, 2.75) is 19.2 Å². The Labute approximate surface area is 219 Å². The van der Waals surface area contributed by atoms with Crippen LogP contribution in [0.2, 0.25) is 0 Å². The van der Waals surface area contributed by atoms with Crippen LogP contribution in [0, 0.1) is 0 Å². The molecule has 1 unspecified atom stereocenters. The largest absolute Gasteiger partial charge is 0.374 e. The van der Waals surface area contributed by atoms with Crippen LogP contribution < -0.4 is 10.2 Å². The summed E-state index contributed by atoms with van der Waals surface area (Å²) in [5.74, 6) is -0.364. The lowest BCUT2D eigenvalue weighted by atomic mass is 10.0. The molecule has 1 aromatic carbocycles. The van der Waals surface area contributed by atoms with Crippen molar-refractivity contribution >= 4 is 51.9 Å². The number of anilines is 2. The number of carbonyl (C=O) groups is 2. The first-order valence-electron chi connectivity index (χ1n) is 11.8. The van der Waals surface area contributed by atoms with Crippen molar-refractivity contribution in [2.75, 3.05) is 42.9 Å². The normalized spacial score (nSPS) is 20.1. The van der Waals surface area contributed by atoms with Gasteiger partial charge < -0.3 is 20.2 Å². The van der Waals surface area contributed by atoms with Gasteiger partial charge in [-0.1, -0.05) is 42.0 Å². The summed E-state index contributed by atoms with van der Waals surface area (Å²) in [5.41, 5.74) is 3.53. The van der Waals surface area contributed by atoms with Crippen LogP contribution >= 0.6 is 23.8 Å². The van der Waals surface area contributed by atoms with Gasteiger partial charge in [-0.15, -0.1) is 0 Å². The molecule has 10 heteroatoms. The highest BCUT2D eigenvalue weighted by molar-refractivity contribution is 7.81. The first kappa shape index (κ1) is 24.6. The predicted molar refractivity (Wildman–Crippen MR) is 143 cm³/mol. The molecule has 0 radical (unpaired) electrons. The standard InChI is InChI=1S/C26H26ClN5O3S/c27-17-4-5-23(36)20(14-17)25(34)29-22-3-1-2-19-21(22)15-32(26(19)35)16-24(33)31-12-10-30(11-13-31)18-6-8-28-9-7-18/h1-4,6-9,14,26,35H,5,10-13,15-16H2,(H,29,34). The van der Waals surface area contributed by atoms with E-state index < -0.39 is 6.23 Å². The number of halogens is 1. The van der Waals surface area contributed by atoms with Crippen LogP contribution in [0.1, 0.15) is 23.8 Å². The Morgan fingerprint density at radius 3 is 2.64 bits per heavy atom. The fourth-order valence-electron chi connectivity index (χ4n) is 4.77. The Balaban J connectivity index is 1.22. The molecule has 1 fully saturated rings. The van der Waals surface area contributed by atoms with Crippen LogP contribution in [-0.4, -0.2) is 69.3 Å². The fraction of sp³-hybridized carbons (Fsp3) is 0.308. The summed E-state index contributed by atoms with van der Waals surface area (Å²) < 4.78 is 0. The molecule has 186 valence electrons. The number of nitrogens with one attached hydrogen (secondary N) is 1. The van der Waals surface area contributed by atoms with E-state index in [0.29, 0.717) is 52.8 Å². The van der Waals surface area contributed by atoms with E-state index in [1.807, 2.05) is 23.1 Å². The third-order valence-electron chi connectivity index (χ3n) is 6.75. The number of allylic oxidation sites excluding steroid dienone is 3. The molecular formula is C26H26ClN5O3S. The molecule has 3 heterocycles. The number of amides is 2. The Hall–Kier alpha value is -3.11. The number of hydrogen-bond acceptors (Lipinski definition) is 7. The zero-order valence-corrected chi connectivity index (χ0v) is 21.1. The number of carbonyl (C=O) groups excluding carboxylic acids is 2. The smallest absolute Gasteiger partial charge is 0.256 e. The number of pyridine rings is 1. The molecule has 0 spiro atoms. The Bertz CT molecular complexity index is 1260. The molecule has 2 aliphatic heterocycles. The molecule has 2 aromatic rings. The van der Waals surface area contributed by atoms with Crippen molar-refractivity contribution in [3.63, 3.8) is 0 Å². The summed E-state index contributed by atoms with van der Waals surface area (Å²) in [6.45, 7) is 3.15. The molecule has 8 nitrogen and oxygen atoms in total. The van der Waals surface area contributed by atoms with Crippen molar-refractivity contribution in [3.8, 4) is 0 Å². The number of fused-ring (bicyclic) bond motifs is 1. The first-order chi connectivity index (χ1) is 17.4. The van der Waals surface area contributed by atoms with Gasteiger partial charge in [0, 0.05) is 78.4 Å². The lowest BCUT2D eigenvalue weighted by Crippen LogP contribution is -2.51. The maximum absolute atomic E-state index is 13.1. The number of aliphatic hydroxyl groups is 1. The monoisotopic (exact) mass is 523 g/mol. The molecule has 1 aliphatic carbocycles. The quantitative estimate of drug-likeness (QED) is 0.582. The molecule has 36 heavy (non-hydrogen) atoms. The van der Waals surface area contributed by atoms with E-state index in [1.165, 1.54) is 0 Å². The molecule has 0 saturated carbocycles. The molecule has 1 saturated heterocycles. The second-order valence-corrected chi connectivity index (χ2v) is 9.88. The van der Waals surface area contributed by atoms with E-state index in [9.17, 15) is 14.7 Å². The summed E-state index contributed by atoms with van der Waals surface area (Å²) >= 11 is 11.4. The Morgan fingerprint density at radius 2 is 1.89 bits per heavy atom. The second-order valence-electron chi connectivity index (χ2n) is 8.95. The van der Waals surface area contributed by atoms with Gasteiger partial charge in [-0.2, -0.15) is 0 Å². The van der Waals surface area contributed by atoms with E-state index in [0.717, 1.165) is 24.3 Å². The minimum atomic E-state index is -0.925. The van der Waals surface area contributed by atoms with Gasteiger partial charge in [0.25, 0.3) is 5.91 Å². The van der Waals surface area contributed by atoms with Crippen LogP contribution in [0.15, 0.2) is 65.5 Å².